The SMILES string of the molecule is O=c1[nH]c(CSc2nnc(C3CC3)n2Cc2ccco2)nc2scc(-c3ccccc3Cl)c12. The van der Waals surface area contributed by atoms with Gasteiger partial charge in [0, 0.05) is 27.4 Å². The average Bonchev–Trinajstić information content (AvgIpc) is 3.20. The molecule has 0 saturated heterocycles. The number of H-pyrrole nitrogens is 1. The van der Waals surface area contributed by atoms with E-state index in [4.69, 9.17) is 21.0 Å². The molecule has 1 saturated carbocycles. The summed E-state index contributed by atoms with van der Waals surface area (Å²) in [7, 11) is 0. The fourth-order valence-electron chi connectivity index (χ4n) is 3.83. The number of rotatable bonds is 7. The number of thiophene rings is 1. The van der Waals surface area contributed by atoms with Crippen LogP contribution >= 0.6 is 34.7 Å². The molecule has 1 aliphatic rings. The zero-order valence-electron chi connectivity index (χ0n) is 17.3. The van der Waals surface area contributed by atoms with Crippen molar-refractivity contribution in [3.8, 4) is 11.1 Å². The van der Waals surface area contributed by atoms with Gasteiger partial charge in [-0.2, -0.15) is 0 Å². The van der Waals surface area contributed by atoms with Crippen LogP contribution in [0.5, 0.6) is 0 Å². The van der Waals surface area contributed by atoms with Gasteiger partial charge in [0.25, 0.3) is 5.56 Å². The fraction of sp³-hybridized carbons (Fsp3) is 0.217. The zero-order valence-corrected chi connectivity index (χ0v) is 19.7. The fourth-order valence-corrected chi connectivity index (χ4v) is 5.84. The number of hydrogen-bond donors (Lipinski definition) is 1. The van der Waals surface area contributed by atoms with Gasteiger partial charge in [0.05, 0.1) is 23.9 Å². The van der Waals surface area contributed by atoms with Crippen LogP contribution in [-0.2, 0) is 12.3 Å². The molecular weight excluding hydrogens is 478 g/mol. The number of thioether (sulfide) groups is 1. The summed E-state index contributed by atoms with van der Waals surface area (Å²) in [6, 6.07) is 11.3. The Labute approximate surface area is 201 Å². The number of aromatic amines is 1. The molecule has 10 heteroatoms. The summed E-state index contributed by atoms with van der Waals surface area (Å²) in [6.45, 7) is 0.587. The number of furan rings is 1. The summed E-state index contributed by atoms with van der Waals surface area (Å²) in [4.78, 5) is 21.3. The first-order chi connectivity index (χ1) is 16.2. The molecule has 0 spiro atoms. The maximum atomic E-state index is 13.0. The van der Waals surface area contributed by atoms with E-state index in [1.807, 2.05) is 41.8 Å². The third-order valence-electron chi connectivity index (χ3n) is 5.58. The Kier molecular flexibility index (Phi) is 5.32. The van der Waals surface area contributed by atoms with Crippen molar-refractivity contribution >= 4 is 44.9 Å². The molecule has 4 aromatic heterocycles. The highest BCUT2D eigenvalue weighted by Crippen LogP contribution is 2.40. The molecule has 1 N–H and O–H groups in total. The summed E-state index contributed by atoms with van der Waals surface area (Å²) in [6.07, 6.45) is 3.95. The van der Waals surface area contributed by atoms with Crippen LogP contribution in [0.1, 0.15) is 36.2 Å². The van der Waals surface area contributed by atoms with Gasteiger partial charge in [-0.1, -0.05) is 41.6 Å². The minimum Gasteiger partial charge on any atom is -0.467 e. The molecule has 6 rings (SSSR count). The van der Waals surface area contributed by atoms with Crippen LogP contribution in [0.15, 0.2) is 62.4 Å². The molecule has 0 atom stereocenters. The number of nitrogens with zero attached hydrogens (tertiary/aromatic N) is 4. The van der Waals surface area contributed by atoms with Gasteiger partial charge in [-0.05, 0) is 31.0 Å². The van der Waals surface area contributed by atoms with Crippen molar-refractivity contribution in [3.05, 3.63) is 80.8 Å². The highest BCUT2D eigenvalue weighted by molar-refractivity contribution is 7.98. The van der Waals surface area contributed by atoms with Crippen LogP contribution in [0, 0.1) is 0 Å². The monoisotopic (exact) mass is 495 g/mol. The van der Waals surface area contributed by atoms with Crippen LogP contribution in [0.4, 0.5) is 0 Å². The first-order valence-corrected chi connectivity index (χ1v) is 12.8. The average molecular weight is 496 g/mol. The second kappa shape index (κ2) is 8.48. The lowest BCUT2D eigenvalue weighted by molar-refractivity contribution is 0.478. The minimum atomic E-state index is -0.164. The van der Waals surface area contributed by atoms with E-state index >= 15 is 0 Å². The Morgan fingerprint density at radius 3 is 2.85 bits per heavy atom. The van der Waals surface area contributed by atoms with E-state index in [0.717, 1.165) is 40.7 Å². The highest BCUT2D eigenvalue weighted by atomic mass is 35.5. The van der Waals surface area contributed by atoms with Gasteiger partial charge in [0.15, 0.2) is 5.16 Å². The van der Waals surface area contributed by atoms with E-state index in [-0.39, 0.29) is 5.56 Å². The first-order valence-electron chi connectivity index (χ1n) is 10.5. The summed E-state index contributed by atoms with van der Waals surface area (Å²) in [5.74, 6) is 3.40. The summed E-state index contributed by atoms with van der Waals surface area (Å²) in [5, 5.41) is 12.8. The standard InChI is InChI=1S/C23H18ClN5O2S2/c24-17-6-2-1-5-15(17)16-11-32-22-19(16)21(30)25-18(26-22)12-33-23-28-27-20(13-7-8-13)29(23)10-14-4-3-9-31-14/h1-6,9,11,13H,7-8,10,12H2,(H,25,26,30). The number of fused-ring (bicyclic) bond motifs is 1. The van der Waals surface area contributed by atoms with Gasteiger partial charge < -0.3 is 9.40 Å². The topological polar surface area (TPSA) is 89.6 Å². The first kappa shape index (κ1) is 20.7. The van der Waals surface area contributed by atoms with Crippen LogP contribution in [0.3, 0.4) is 0 Å². The lowest BCUT2D eigenvalue weighted by Gasteiger charge is -2.08. The van der Waals surface area contributed by atoms with Crippen molar-refractivity contribution in [2.24, 2.45) is 0 Å². The van der Waals surface area contributed by atoms with Gasteiger partial charge in [-0.3, -0.25) is 9.36 Å². The Morgan fingerprint density at radius 2 is 2.06 bits per heavy atom. The van der Waals surface area contributed by atoms with E-state index in [0.29, 0.717) is 39.3 Å². The van der Waals surface area contributed by atoms with Crippen molar-refractivity contribution in [2.75, 3.05) is 0 Å². The predicted molar refractivity (Wildman–Crippen MR) is 130 cm³/mol. The van der Waals surface area contributed by atoms with Crippen LogP contribution in [0.2, 0.25) is 5.02 Å². The van der Waals surface area contributed by atoms with E-state index < -0.39 is 0 Å². The number of halogens is 1. The summed E-state index contributed by atoms with van der Waals surface area (Å²) >= 11 is 9.31. The highest BCUT2D eigenvalue weighted by Gasteiger charge is 2.30. The zero-order chi connectivity index (χ0) is 22.4. The van der Waals surface area contributed by atoms with Crippen molar-refractivity contribution < 1.29 is 4.42 Å². The van der Waals surface area contributed by atoms with Crippen LogP contribution in [-0.4, -0.2) is 24.7 Å². The second-order valence-electron chi connectivity index (χ2n) is 7.89. The van der Waals surface area contributed by atoms with Crippen molar-refractivity contribution in [3.63, 3.8) is 0 Å². The maximum absolute atomic E-state index is 13.0. The van der Waals surface area contributed by atoms with E-state index in [1.165, 1.54) is 23.1 Å². The molecule has 4 heterocycles. The Morgan fingerprint density at radius 1 is 1.18 bits per heavy atom. The number of aromatic nitrogens is 5. The molecular formula is C23H18ClN5O2S2. The van der Waals surface area contributed by atoms with E-state index in [1.54, 1.807) is 6.26 Å². The van der Waals surface area contributed by atoms with Crippen molar-refractivity contribution in [2.45, 2.75) is 36.2 Å². The molecule has 1 aromatic carbocycles. The molecule has 0 radical (unpaired) electrons. The third-order valence-corrected chi connectivity index (χ3v) is 7.76. The minimum absolute atomic E-state index is 0.164. The molecule has 0 aliphatic heterocycles. The van der Waals surface area contributed by atoms with Gasteiger partial charge >= 0.3 is 0 Å². The van der Waals surface area contributed by atoms with Gasteiger partial charge in [0.1, 0.15) is 22.2 Å². The Balaban J connectivity index is 1.29. The predicted octanol–water partition coefficient (Wildman–Crippen LogP) is 5.71. The molecule has 33 heavy (non-hydrogen) atoms. The second-order valence-corrected chi connectivity index (χ2v) is 10.1. The molecule has 1 fully saturated rings. The van der Waals surface area contributed by atoms with E-state index in [9.17, 15) is 4.79 Å². The lowest BCUT2D eigenvalue weighted by Crippen LogP contribution is -2.11. The number of nitrogens with one attached hydrogen (secondary N) is 1. The molecule has 0 bridgehead atoms. The van der Waals surface area contributed by atoms with Gasteiger partial charge in [-0.15, -0.1) is 21.5 Å². The van der Waals surface area contributed by atoms with Crippen LogP contribution < -0.4 is 5.56 Å². The summed E-state index contributed by atoms with van der Waals surface area (Å²) < 4.78 is 7.65. The van der Waals surface area contributed by atoms with Crippen LogP contribution in [0.25, 0.3) is 21.3 Å². The number of hydrogen-bond acceptors (Lipinski definition) is 7. The Hall–Kier alpha value is -2.88. The molecule has 7 nitrogen and oxygen atoms in total. The molecule has 0 amide bonds. The largest absolute Gasteiger partial charge is 0.467 e. The number of benzene rings is 1. The molecule has 166 valence electrons. The maximum Gasteiger partial charge on any atom is 0.260 e. The van der Waals surface area contributed by atoms with Gasteiger partial charge in [-0.25, -0.2) is 4.98 Å². The normalized spacial score (nSPS) is 13.7. The summed E-state index contributed by atoms with van der Waals surface area (Å²) in [5.41, 5.74) is 1.47. The van der Waals surface area contributed by atoms with Crippen molar-refractivity contribution in [1.82, 2.24) is 24.7 Å². The van der Waals surface area contributed by atoms with Crippen molar-refractivity contribution in [1.29, 1.82) is 0 Å². The molecule has 1 aliphatic carbocycles. The third kappa shape index (κ3) is 4.01. The quantitative estimate of drug-likeness (QED) is 0.291. The van der Waals surface area contributed by atoms with E-state index in [2.05, 4.69) is 19.7 Å². The smallest absolute Gasteiger partial charge is 0.260 e. The molecule has 5 aromatic rings. The lowest BCUT2D eigenvalue weighted by atomic mass is 10.1. The van der Waals surface area contributed by atoms with Gasteiger partial charge in [0.2, 0.25) is 0 Å². The molecule has 0 unspecified atom stereocenters. The Bertz CT molecular complexity index is 1500.